The Kier molecular flexibility index (Phi) is 34.0. The molecule has 0 spiro atoms. The number of nitrogens with two attached hydrogens (primary N) is 2. The van der Waals surface area contributed by atoms with Gasteiger partial charge in [-0.3, -0.25) is 4.79 Å². The lowest BCUT2D eigenvalue weighted by Gasteiger charge is -2.06. The lowest BCUT2D eigenvalue weighted by atomic mass is 10.1. The van der Waals surface area contributed by atoms with Crippen LogP contribution in [0.25, 0.3) is 0 Å². The summed E-state index contributed by atoms with van der Waals surface area (Å²) >= 11 is 0. The van der Waals surface area contributed by atoms with Crippen LogP contribution >= 0.6 is 0 Å². The Labute approximate surface area is 168 Å². The van der Waals surface area contributed by atoms with Gasteiger partial charge < -0.3 is 21.7 Å². The van der Waals surface area contributed by atoms with Gasteiger partial charge in [-0.1, -0.05) is 70.4 Å². The van der Waals surface area contributed by atoms with E-state index in [1.54, 1.807) is 13.8 Å². The molecule has 0 aliphatic carbocycles. The van der Waals surface area contributed by atoms with Crippen molar-refractivity contribution in [3.63, 3.8) is 0 Å². The number of primary amides is 1. The van der Waals surface area contributed by atoms with Gasteiger partial charge in [0.15, 0.2) is 0 Å². The summed E-state index contributed by atoms with van der Waals surface area (Å²) in [5.74, 6) is -0.382. The van der Waals surface area contributed by atoms with Crippen LogP contribution in [-0.4, -0.2) is 35.4 Å². The highest BCUT2D eigenvalue weighted by Gasteiger charge is 2.07. The number of carbonyl (C=O) groups is 1. The molecule has 164 valence electrons. The minimum Gasteiger partial charge on any atom is -0.397 e. The second-order valence-electron chi connectivity index (χ2n) is 6.66. The van der Waals surface area contributed by atoms with Crippen LogP contribution < -0.4 is 11.5 Å². The van der Waals surface area contributed by atoms with Crippen molar-refractivity contribution in [3.8, 4) is 0 Å². The third-order valence-electron chi connectivity index (χ3n) is 3.89. The van der Waals surface area contributed by atoms with Crippen molar-refractivity contribution in [1.82, 2.24) is 0 Å². The molecular weight excluding hydrogens is 340 g/mol. The first-order valence-corrected chi connectivity index (χ1v) is 10.9. The number of rotatable bonds is 15. The maximum Gasteiger partial charge on any atom is 0.234 e. The van der Waals surface area contributed by atoms with Gasteiger partial charge in [0.1, 0.15) is 0 Å². The molecule has 1 unspecified atom stereocenters. The maximum atomic E-state index is 10.8. The van der Waals surface area contributed by atoms with Gasteiger partial charge in [-0.05, 0) is 46.0 Å². The van der Waals surface area contributed by atoms with Crippen molar-refractivity contribution in [1.29, 1.82) is 0 Å². The Bertz CT molecular complexity index is 295. The van der Waals surface area contributed by atoms with Crippen molar-refractivity contribution in [2.45, 2.75) is 110 Å². The molecule has 0 heterocycles. The van der Waals surface area contributed by atoms with Crippen LogP contribution in [0.4, 0.5) is 0 Å². The number of hydrogen-bond acceptors (Lipinski definition) is 4. The van der Waals surface area contributed by atoms with E-state index >= 15 is 0 Å². The van der Waals surface area contributed by atoms with E-state index in [0.29, 0.717) is 0 Å². The fourth-order valence-corrected chi connectivity index (χ4v) is 2.40. The Morgan fingerprint density at radius 2 is 1.15 bits per heavy atom. The number of allylic oxidation sites excluding steroid dienone is 2. The lowest BCUT2D eigenvalue weighted by molar-refractivity contribution is -0.119. The van der Waals surface area contributed by atoms with Crippen LogP contribution in [0.1, 0.15) is 104 Å². The molecule has 0 radical (unpaired) electrons. The molecule has 0 saturated heterocycles. The molecule has 0 aliphatic heterocycles. The lowest BCUT2D eigenvalue weighted by Crippen LogP contribution is -2.36. The Morgan fingerprint density at radius 3 is 1.56 bits per heavy atom. The molecule has 0 rings (SSSR count). The van der Waals surface area contributed by atoms with E-state index in [2.05, 4.69) is 19.1 Å². The summed E-state index contributed by atoms with van der Waals surface area (Å²) in [6.45, 7) is 6.12. The molecule has 0 aromatic heterocycles. The molecule has 1 atom stereocenters. The summed E-state index contributed by atoms with van der Waals surface area (Å²) in [4.78, 5) is 10.8. The van der Waals surface area contributed by atoms with E-state index in [1.165, 1.54) is 64.2 Å². The van der Waals surface area contributed by atoms with E-state index in [0.717, 1.165) is 19.3 Å². The Hall–Kier alpha value is -0.910. The minimum atomic E-state index is -0.456. The highest BCUT2D eigenvalue weighted by Crippen LogP contribution is 2.09. The second-order valence-corrected chi connectivity index (χ2v) is 6.66. The normalized spacial score (nSPS) is 11.3. The van der Waals surface area contributed by atoms with E-state index in [4.69, 9.17) is 21.7 Å². The van der Waals surface area contributed by atoms with E-state index in [-0.39, 0.29) is 19.1 Å². The van der Waals surface area contributed by atoms with E-state index in [9.17, 15) is 4.79 Å². The molecule has 0 bridgehead atoms. The Morgan fingerprint density at radius 1 is 0.778 bits per heavy atom. The summed E-state index contributed by atoms with van der Waals surface area (Å²) < 4.78 is 0. The van der Waals surface area contributed by atoms with Crippen LogP contribution in [0, 0.1) is 0 Å². The SMILES string of the molecule is CCCCCCCC/C=C\CCCCCCC(N)C(N)=O.CCO.CCO. The first-order valence-electron chi connectivity index (χ1n) is 10.9. The molecule has 0 aromatic rings. The van der Waals surface area contributed by atoms with Gasteiger partial charge in [-0.25, -0.2) is 0 Å². The van der Waals surface area contributed by atoms with Gasteiger partial charge in [0.2, 0.25) is 5.91 Å². The van der Waals surface area contributed by atoms with Crippen LogP contribution in [0.3, 0.4) is 0 Å². The molecule has 0 aliphatic rings. The molecule has 1 amide bonds. The second kappa shape index (κ2) is 29.8. The average molecular weight is 389 g/mol. The van der Waals surface area contributed by atoms with Crippen LogP contribution in [0.15, 0.2) is 12.2 Å². The molecule has 6 N–H and O–H groups in total. The average Bonchev–Trinajstić information content (AvgIpc) is 2.63. The van der Waals surface area contributed by atoms with E-state index in [1.807, 2.05) is 0 Å². The fourth-order valence-electron chi connectivity index (χ4n) is 2.40. The number of hydrogen-bond donors (Lipinski definition) is 4. The molecule has 0 aromatic carbocycles. The highest BCUT2D eigenvalue weighted by molar-refractivity contribution is 5.79. The number of carbonyl (C=O) groups excluding carboxylic acids is 1. The largest absolute Gasteiger partial charge is 0.397 e. The molecule has 0 saturated carbocycles. The van der Waals surface area contributed by atoms with Gasteiger partial charge in [0.25, 0.3) is 0 Å². The summed E-state index contributed by atoms with van der Waals surface area (Å²) in [6, 6.07) is -0.456. The number of amides is 1. The quantitative estimate of drug-likeness (QED) is 0.245. The number of aliphatic hydroxyl groups is 2. The van der Waals surface area contributed by atoms with Gasteiger partial charge in [-0.2, -0.15) is 0 Å². The molecule has 27 heavy (non-hydrogen) atoms. The smallest absolute Gasteiger partial charge is 0.234 e. The summed E-state index contributed by atoms with van der Waals surface area (Å²) in [5.41, 5.74) is 10.7. The van der Waals surface area contributed by atoms with Gasteiger partial charge in [-0.15, -0.1) is 0 Å². The van der Waals surface area contributed by atoms with Crippen molar-refractivity contribution in [2.24, 2.45) is 11.5 Å². The topological polar surface area (TPSA) is 110 Å². The van der Waals surface area contributed by atoms with Crippen molar-refractivity contribution < 1.29 is 15.0 Å². The highest BCUT2D eigenvalue weighted by atomic mass is 16.3. The standard InChI is InChI=1S/C18H36N2O.2C2H6O/c1-2-3-4-5-6-7-8-9-10-11-12-13-14-15-16-17(19)18(20)21;2*1-2-3/h9-10,17H,2-8,11-16,19H2,1H3,(H2,20,21);2*3H,2H2,1H3/b10-9-;;. The van der Waals surface area contributed by atoms with Gasteiger partial charge >= 0.3 is 0 Å². The summed E-state index contributed by atoms with van der Waals surface area (Å²) in [7, 11) is 0. The minimum absolute atomic E-state index is 0.250. The first kappa shape index (κ1) is 30.8. The third kappa shape index (κ3) is 36.7. The predicted molar refractivity (Wildman–Crippen MR) is 118 cm³/mol. The van der Waals surface area contributed by atoms with Gasteiger partial charge in [0, 0.05) is 13.2 Å². The van der Waals surface area contributed by atoms with Crippen molar-refractivity contribution >= 4 is 5.91 Å². The summed E-state index contributed by atoms with van der Waals surface area (Å²) in [6.07, 6.45) is 20.6. The molecule has 5 heteroatoms. The van der Waals surface area contributed by atoms with Gasteiger partial charge in [0.05, 0.1) is 6.04 Å². The first-order chi connectivity index (χ1) is 13.0. The number of aliphatic hydroxyl groups excluding tert-OH is 2. The fraction of sp³-hybridized carbons (Fsp3) is 0.864. The molecule has 5 nitrogen and oxygen atoms in total. The third-order valence-corrected chi connectivity index (χ3v) is 3.89. The van der Waals surface area contributed by atoms with Crippen LogP contribution in [0.5, 0.6) is 0 Å². The zero-order valence-electron chi connectivity index (χ0n) is 18.3. The molecule has 0 fully saturated rings. The Balaban J connectivity index is -0.000000840. The monoisotopic (exact) mass is 388 g/mol. The molecular formula is C22H48N2O3. The van der Waals surface area contributed by atoms with Crippen molar-refractivity contribution in [3.05, 3.63) is 12.2 Å². The zero-order valence-corrected chi connectivity index (χ0v) is 18.3. The van der Waals surface area contributed by atoms with Crippen molar-refractivity contribution in [2.75, 3.05) is 13.2 Å². The number of unbranched alkanes of at least 4 members (excludes halogenated alkanes) is 10. The van der Waals surface area contributed by atoms with Crippen LogP contribution in [-0.2, 0) is 4.79 Å². The summed E-state index contributed by atoms with van der Waals surface area (Å²) in [5, 5.41) is 15.1. The predicted octanol–water partition coefficient (Wildman–Crippen LogP) is 4.44. The maximum absolute atomic E-state index is 10.8. The van der Waals surface area contributed by atoms with Crippen LogP contribution in [0.2, 0.25) is 0 Å². The van der Waals surface area contributed by atoms with E-state index < -0.39 is 6.04 Å². The zero-order chi connectivity index (χ0) is 21.2.